The SMILES string of the molecule is COC(=O)C1C2CC(CC2F)N1C(=O)OCc1ccccc1. The molecular formula is C16H18FNO4. The van der Waals surface area contributed by atoms with Crippen molar-refractivity contribution in [2.45, 2.75) is 37.7 Å². The molecule has 1 saturated carbocycles. The number of rotatable bonds is 3. The maximum absolute atomic E-state index is 13.9. The minimum absolute atomic E-state index is 0.126. The number of carbonyl (C=O) groups excluding carboxylic acids is 2. The van der Waals surface area contributed by atoms with E-state index in [1.807, 2.05) is 30.3 Å². The molecule has 4 unspecified atom stereocenters. The molecule has 6 heteroatoms. The summed E-state index contributed by atoms with van der Waals surface area (Å²) in [5.41, 5.74) is 0.859. The largest absolute Gasteiger partial charge is 0.467 e. The Morgan fingerprint density at radius 2 is 2.00 bits per heavy atom. The molecule has 1 saturated heterocycles. The molecule has 5 nitrogen and oxygen atoms in total. The Morgan fingerprint density at radius 1 is 1.27 bits per heavy atom. The fraction of sp³-hybridized carbons (Fsp3) is 0.500. The number of ether oxygens (including phenoxy) is 2. The molecule has 1 aromatic rings. The van der Waals surface area contributed by atoms with Crippen LogP contribution in [0.25, 0.3) is 0 Å². The average molecular weight is 307 g/mol. The number of benzene rings is 1. The van der Waals surface area contributed by atoms with E-state index >= 15 is 0 Å². The number of fused-ring (bicyclic) bond motifs is 2. The molecule has 2 aliphatic rings. The van der Waals surface area contributed by atoms with Crippen molar-refractivity contribution in [1.82, 2.24) is 4.90 Å². The van der Waals surface area contributed by atoms with E-state index < -0.39 is 30.2 Å². The lowest BCUT2D eigenvalue weighted by atomic mass is 9.97. The lowest BCUT2D eigenvalue weighted by Crippen LogP contribution is -2.52. The van der Waals surface area contributed by atoms with Crippen LogP contribution in [0.2, 0.25) is 0 Å². The van der Waals surface area contributed by atoms with Gasteiger partial charge in [-0.3, -0.25) is 4.90 Å². The molecule has 2 fully saturated rings. The summed E-state index contributed by atoms with van der Waals surface area (Å²) in [4.78, 5) is 25.6. The van der Waals surface area contributed by atoms with E-state index in [-0.39, 0.29) is 19.1 Å². The Bertz CT molecular complexity index is 565. The summed E-state index contributed by atoms with van der Waals surface area (Å²) in [5.74, 6) is -1.06. The zero-order valence-corrected chi connectivity index (χ0v) is 12.3. The first kappa shape index (κ1) is 14.8. The summed E-state index contributed by atoms with van der Waals surface area (Å²) < 4.78 is 23.9. The Hall–Kier alpha value is -2.11. The van der Waals surface area contributed by atoms with Gasteiger partial charge in [0.2, 0.25) is 0 Å². The summed E-state index contributed by atoms with van der Waals surface area (Å²) in [6.45, 7) is 0.126. The molecular weight excluding hydrogens is 289 g/mol. The number of esters is 1. The monoisotopic (exact) mass is 307 g/mol. The normalized spacial score (nSPS) is 29.5. The number of nitrogens with zero attached hydrogens (tertiary/aromatic N) is 1. The quantitative estimate of drug-likeness (QED) is 0.804. The number of halogens is 1. The number of carbonyl (C=O) groups is 2. The summed E-state index contributed by atoms with van der Waals surface area (Å²) in [6, 6.07) is 8.11. The van der Waals surface area contributed by atoms with E-state index in [2.05, 4.69) is 0 Å². The molecule has 0 radical (unpaired) electrons. The summed E-state index contributed by atoms with van der Waals surface area (Å²) in [7, 11) is 1.25. The Labute approximate surface area is 128 Å². The predicted molar refractivity (Wildman–Crippen MR) is 75.7 cm³/mol. The molecule has 22 heavy (non-hydrogen) atoms. The van der Waals surface area contributed by atoms with Crippen molar-refractivity contribution in [3.63, 3.8) is 0 Å². The van der Waals surface area contributed by atoms with Gasteiger partial charge in [0.05, 0.1) is 7.11 Å². The van der Waals surface area contributed by atoms with E-state index in [1.165, 1.54) is 12.0 Å². The van der Waals surface area contributed by atoms with Gasteiger partial charge in [-0.25, -0.2) is 14.0 Å². The van der Waals surface area contributed by atoms with Crippen LogP contribution in [0.3, 0.4) is 0 Å². The zero-order valence-electron chi connectivity index (χ0n) is 12.3. The molecule has 3 rings (SSSR count). The van der Waals surface area contributed by atoms with Crippen LogP contribution < -0.4 is 0 Å². The van der Waals surface area contributed by atoms with Crippen LogP contribution in [0.1, 0.15) is 18.4 Å². The maximum atomic E-state index is 13.9. The van der Waals surface area contributed by atoms with Crippen molar-refractivity contribution in [3.8, 4) is 0 Å². The maximum Gasteiger partial charge on any atom is 0.411 e. The molecule has 118 valence electrons. The van der Waals surface area contributed by atoms with Crippen molar-refractivity contribution >= 4 is 12.1 Å². The highest BCUT2D eigenvalue weighted by atomic mass is 19.1. The van der Waals surface area contributed by atoms with Crippen LogP contribution in [0.15, 0.2) is 30.3 Å². The smallest absolute Gasteiger partial charge is 0.411 e. The van der Waals surface area contributed by atoms with Crippen LogP contribution in [0.4, 0.5) is 9.18 Å². The Morgan fingerprint density at radius 3 is 2.68 bits per heavy atom. The lowest BCUT2D eigenvalue weighted by molar-refractivity contribution is -0.149. The Kier molecular flexibility index (Phi) is 4.00. The van der Waals surface area contributed by atoms with Gasteiger partial charge in [-0.2, -0.15) is 0 Å². The van der Waals surface area contributed by atoms with Crippen molar-refractivity contribution in [2.24, 2.45) is 5.92 Å². The predicted octanol–water partition coefficient (Wildman–Crippen LogP) is 2.30. The van der Waals surface area contributed by atoms with Gasteiger partial charge in [0.25, 0.3) is 0 Å². The number of piperidine rings is 1. The first-order chi connectivity index (χ1) is 10.6. The molecule has 1 aromatic carbocycles. The summed E-state index contributed by atoms with van der Waals surface area (Å²) in [5, 5.41) is 0. The third kappa shape index (κ3) is 2.53. The molecule has 0 spiro atoms. The standard InChI is InChI=1S/C16H18FNO4/c1-21-15(19)14-12-7-11(8-13(12)17)18(14)16(20)22-9-10-5-3-2-4-6-10/h2-6,11-14H,7-9H2,1H3. The summed E-state index contributed by atoms with van der Waals surface area (Å²) >= 11 is 0. The van der Waals surface area contributed by atoms with E-state index in [0.717, 1.165) is 5.56 Å². The van der Waals surface area contributed by atoms with Gasteiger partial charge in [0, 0.05) is 12.0 Å². The Balaban J connectivity index is 1.69. The van der Waals surface area contributed by atoms with Gasteiger partial charge < -0.3 is 9.47 Å². The number of alkyl halides is 1. The van der Waals surface area contributed by atoms with Gasteiger partial charge in [-0.05, 0) is 18.4 Å². The minimum Gasteiger partial charge on any atom is -0.467 e. The van der Waals surface area contributed by atoms with Gasteiger partial charge >= 0.3 is 12.1 Å². The van der Waals surface area contributed by atoms with Gasteiger partial charge in [-0.15, -0.1) is 0 Å². The van der Waals surface area contributed by atoms with Crippen molar-refractivity contribution in [2.75, 3.05) is 7.11 Å². The van der Waals surface area contributed by atoms with Crippen molar-refractivity contribution in [3.05, 3.63) is 35.9 Å². The molecule has 1 aliphatic heterocycles. The van der Waals surface area contributed by atoms with E-state index in [0.29, 0.717) is 6.42 Å². The highest BCUT2D eigenvalue weighted by Crippen LogP contribution is 2.44. The lowest BCUT2D eigenvalue weighted by Gasteiger charge is -2.33. The fourth-order valence-corrected chi connectivity index (χ4v) is 3.45. The highest BCUT2D eigenvalue weighted by Gasteiger charge is 2.57. The van der Waals surface area contributed by atoms with E-state index in [1.54, 1.807) is 0 Å². The van der Waals surface area contributed by atoms with Crippen molar-refractivity contribution in [1.29, 1.82) is 0 Å². The highest BCUT2D eigenvalue weighted by molar-refractivity contribution is 5.83. The molecule has 1 aliphatic carbocycles. The zero-order chi connectivity index (χ0) is 15.7. The molecule has 0 aromatic heterocycles. The third-order valence-electron chi connectivity index (χ3n) is 4.46. The van der Waals surface area contributed by atoms with Crippen LogP contribution in [0, 0.1) is 5.92 Å². The first-order valence-electron chi connectivity index (χ1n) is 7.32. The second-order valence-electron chi connectivity index (χ2n) is 5.72. The molecule has 1 amide bonds. The molecule has 0 N–H and O–H groups in total. The first-order valence-corrected chi connectivity index (χ1v) is 7.32. The van der Waals surface area contributed by atoms with Crippen LogP contribution in [0.5, 0.6) is 0 Å². The third-order valence-corrected chi connectivity index (χ3v) is 4.46. The number of hydrogen-bond donors (Lipinski definition) is 0. The van der Waals surface area contributed by atoms with Crippen LogP contribution in [-0.4, -0.2) is 42.3 Å². The van der Waals surface area contributed by atoms with Crippen LogP contribution in [-0.2, 0) is 20.9 Å². The minimum atomic E-state index is -1.06. The topological polar surface area (TPSA) is 55.8 Å². The van der Waals surface area contributed by atoms with E-state index in [9.17, 15) is 14.0 Å². The van der Waals surface area contributed by atoms with E-state index in [4.69, 9.17) is 9.47 Å². The van der Waals surface area contributed by atoms with Gasteiger partial charge in [-0.1, -0.05) is 30.3 Å². The number of likely N-dealkylation sites (tertiary alicyclic amines) is 1. The van der Waals surface area contributed by atoms with Gasteiger partial charge in [0.15, 0.2) is 0 Å². The summed E-state index contributed by atoms with van der Waals surface area (Å²) in [6.07, 6.45) is -0.897. The second-order valence-corrected chi connectivity index (χ2v) is 5.72. The number of methoxy groups -OCH3 is 1. The number of hydrogen-bond acceptors (Lipinski definition) is 4. The molecule has 2 bridgehead atoms. The van der Waals surface area contributed by atoms with Crippen LogP contribution >= 0.6 is 0 Å². The fourth-order valence-electron chi connectivity index (χ4n) is 3.45. The average Bonchev–Trinajstić information content (AvgIpc) is 3.09. The number of amides is 1. The van der Waals surface area contributed by atoms with Gasteiger partial charge in [0.1, 0.15) is 18.8 Å². The second kappa shape index (κ2) is 5.94. The van der Waals surface area contributed by atoms with Crippen molar-refractivity contribution < 1.29 is 23.5 Å². The molecule has 1 heterocycles. The molecule has 4 atom stereocenters.